The molecule has 3 aromatic rings. The number of nitrogens with one attached hydrogen (secondary N) is 2. The van der Waals surface area contributed by atoms with Gasteiger partial charge in [0.25, 0.3) is 0 Å². The summed E-state index contributed by atoms with van der Waals surface area (Å²) in [4.78, 5) is 17.7. The molecule has 182 valence electrons. The SMILES string of the molecule is CS(=O)(=O)NCc1ccc(-c2cccc(NC(=O)C3(c4ccc5c(c4)OC(F)(F)O5)CC3)n2)cc1. The number of amides is 1. The fraction of sp³-hybridized carbons (Fsp3) is 0.250. The number of fused-ring (bicyclic) bond motifs is 1. The standard InChI is InChI=1S/C24H21F2N3O5S/c1-35(31,32)27-14-15-5-7-16(8-6-15)18-3-2-4-21(28-18)29-22(30)23(11-12-23)17-9-10-19-20(13-17)34-24(25,26)33-19/h2-10,13,27H,11-12,14H2,1H3,(H,28,29,30). The Labute approximate surface area is 200 Å². The molecule has 1 aliphatic carbocycles. The lowest BCUT2D eigenvalue weighted by Gasteiger charge is -2.16. The van der Waals surface area contributed by atoms with E-state index >= 15 is 0 Å². The minimum atomic E-state index is -3.72. The molecule has 2 aromatic carbocycles. The molecule has 2 N–H and O–H groups in total. The Morgan fingerprint density at radius 3 is 2.43 bits per heavy atom. The Hall–Kier alpha value is -3.57. The lowest BCUT2D eigenvalue weighted by atomic mass is 9.94. The summed E-state index contributed by atoms with van der Waals surface area (Å²) in [5, 5.41) is 2.84. The molecule has 0 radical (unpaired) electrons. The summed E-state index contributed by atoms with van der Waals surface area (Å²) in [6.45, 7) is 0.183. The van der Waals surface area contributed by atoms with E-state index in [2.05, 4.69) is 24.5 Å². The Bertz CT molecular complexity index is 1410. The Morgan fingerprint density at radius 2 is 1.74 bits per heavy atom. The molecule has 2 aliphatic rings. The van der Waals surface area contributed by atoms with Crippen LogP contribution in [0.2, 0.25) is 0 Å². The van der Waals surface area contributed by atoms with Crippen LogP contribution >= 0.6 is 0 Å². The third kappa shape index (κ3) is 4.96. The van der Waals surface area contributed by atoms with Crippen molar-refractivity contribution in [1.82, 2.24) is 9.71 Å². The van der Waals surface area contributed by atoms with Gasteiger partial charge in [0.15, 0.2) is 11.5 Å². The van der Waals surface area contributed by atoms with Gasteiger partial charge in [-0.3, -0.25) is 4.79 Å². The number of pyridine rings is 1. The number of carbonyl (C=O) groups excluding carboxylic acids is 1. The van der Waals surface area contributed by atoms with Crippen LogP contribution in [0.3, 0.4) is 0 Å². The van der Waals surface area contributed by atoms with Crippen molar-refractivity contribution < 1.29 is 31.5 Å². The fourth-order valence-corrected chi connectivity index (χ4v) is 4.36. The molecule has 1 aliphatic heterocycles. The number of aromatic nitrogens is 1. The maximum absolute atomic E-state index is 13.4. The van der Waals surface area contributed by atoms with Gasteiger partial charge in [-0.1, -0.05) is 36.4 Å². The quantitative estimate of drug-likeness (QED) is 0.510. The monoisotopic (exact) mass is 501 g/mol. The second kappa shape index (κ2) is 8.28. The average molecular weight is 502 g/mol. The van der Waals surface area contributed by atoms with Gasteiger partial charge in [-0.2, -0.15) is 0 Å². The molecule has 0 spiro atoms. The highest BCUT2D eigenvalue weighted by Gasteiger charge is 2.52. The highest BCUT2D eigenvalue weighted by atomic mass is 32.2. The highest BCUT2D eigenvalue weighted by Crippen LogP contribution is 2.52. The predicted molar refractivity (Wildman–Crippen MR) is 124 cm³/mol. The first-order valence-electron chi connectivity index (χ1n) is 10.8. The highest BCUT2D eigenvalue weighted by molar-refractivity contribution is 7.88. The van der Waals surface area contributed by atoms with E-state index in [0.717, 1.165) is 17.4 Å². The summed E-state index contributed by atoms with van der Waals surface area (Å²) in [6, 6.07) is 16.9. The van der Waals surface area contributed by atoms with Crippen molar-refractivity contribution in [2.24, 2.45) is 0 Å². The van der Waals surface area contributed by atoms with Crippen LogP contribution in [0, 0.1) is 0 Å². The maximum Gasteiger partial charge on any atom is 0.586 e. The maximum atomic E-state index is 13.4. The van der Waals surface area contributed by atoms with Crippen LogP contribution in [0.4, 0.5) is 14.6 Å². The molecule has 0 saturated heterocycles. The summed E-state index contributed by atoms with van der Waals surface area (Å²) < 4.78 is 60.6. The number of rotatable bonds is 7. The van der Waals surface area contributed by atoms with Crippen LogP contribution in [0.5, 0.6) is 11.5 Å². The van der Waals surface area contributed by atoms with Gasteiger partial charge >= 0.3 is 6.29 Å². The molecule has 8 nitrogen and oxygen atoms in total. The van der Waals surface area contributed by atoms with Crippen LogP contribution < -0.4 is 19.5 Å². The first-order valence-corrected chi connectivity index (χ1v) is 12.7. The number of nitrogens with zero attached hydrogens (tertiary/aromatic N) is 1. The second-order valence-electron chi connectivity index (χ2n) is 8.56. The number of carbonyl (C=O) groups is 1. The largest absolute Gasteiger partial charge is 0.586 e. The second-order valence-corrected chi connectivity index (χ2v) is 10.4. The molecule has 11 heteroatoms. The number of ether oxygens (including phenoxy) is 2. The third-order valence-electron chi connectivity index (χ3n) is 5.92. The van der Waals surface area contributed by atoms with E-state index in [1.165, 1.54) is 12.1 Å². The van der Waals surface area contributed by atoms with Gasteiger partial charge in [-0.05, 0) is 48.2 Å². The van der Waals surface area contributed by atoms with Gasteiger partial charge in [-0.25, -0.2) is 18.1 Å². The molecule has 0 atom stereocenters. The number of sulfonamides is 1. The van der Waals surface area contributed by atoms with E-state index in [4.69, 9.17) is 0 Å². The number of hydrogen-bond donors (Lipinski definition) is 2. The summed E-state index contributed by atoms with van der Waals surface area (Å²) in [7, 11) is -3.29. The Balaban J connectivity index is 1.30. The van der Waals surface area contributed by atoms with Gasteiger partial charge in [-0.15, -0.1) is 8.78 Å². The zero-order valence-corrected chi connectivity index (χ0v) is 19.4. The van der Waals surface area contributed by atoms with E-state index in [-0.39, 0.29) is 24.0 Å². The van der Waals surface area contributed by atoms with Gasteiger partial charge in [0.1, 0.15) is 5.82 Å². The van der Waals surface area contributed by atoms with Crippen LogP contribution in [0.1, 0.15) is 24.0 Å². The molecule has 35 heavy (non-hydrogen) atoms. The summed E-state index contributed by atoms with van der Waals surface area (Å²) >= 11 is 0. The fourth-order valence-electron chi connectivity index (χ4n) is 3.93. The van der Waals surface area contributed by atoms with E-state index in [1.54, 1.807) is 36.4 Å². The van der Waals surface area contributed by atoms with Crippen molar-refractivity contribution in [3.05, 3.63) is 71.8 Å². The summed E-state index contributed by atoms with van der Waals surface area (Å²) in [6.07, 6.45) is -1.48. The minimum absolute atomic E-state index is 0.0672. The third-order valence-corrected chi connectivity index (χ3v) is 6.59. The van der Waals surface area contributed by atoms with Crippen LogP contribution in [-0.4, -0.2) is 31.9 Å². The molecule has 1 fully saturated rings. The average Bonchev–Trinajstić information content (AvgIpc) is 3.55. The first-order chi connectivity index (χ1) is 16.5. The van der Waals surface area contributed by atoms with E-state index in [9.17, 15) is 22.0 Å². The van der Waals surface area contributed by atoms with Gasteiger partial charge in [0.2, 0.25) is 15.9 Å². The van der Waals surface area contributed by atoms with Crippen molar-refractivity contribution >= 4 is 21.7 Å². The van der Waals surface area contributed by atoms with Crippen molar-refractivity contribution in [2.45, 2.75) is 31.1 Å². The van der Waals surface area contributed by atoms with Gasteiger partial charge < -0.3 is 14.8 Å². The number of hydrogen-bond acceptors (Lipinski definition) is 6. The molecule has 5 rings (SSSR count). The van der Waals surface area contributed by atoms with Crippen molar-refractivity contribution in [3.8, 4) is 22.8 Å². The molecular formula is C24H21F2N3O5S. The van der Waals surface area contributed by atoms with Crippen LogP contribution in [-0.2, 0) is 26.8 Å². The zero-order valence-electron chi connectivity index (χ0n) is 18.5. The number of alkyl halides is 2. The number of halogens is 2. The van der Waals surface area contributed by atoms with Crippen LogP contribution in [0.15, 0.2) is 60.7 Å². The normalized spacial score (nSPS) is 17.1. The Morgan fingerprint density at radius 1 is 1.03 bits per heavy atom. The molecule has 1 amide bonds. The van der Waals surface area contributed by atoms with E-state index < -0.39 is 21.7 Å². The molecule has 1 aromatic heterocycles. The van der Waals surface area contributed by atoms with Gasteiger partial charge in [0, 0.05) is 12.1 Å². The van der Waals surface area contributed by atoms with Crippen molar-refractivity contribution in [3.63, 3.8) is 0 Å². The molecule has 2 heterocycles. The van der Waals surface area contributed by atoms with Crippen LogP contribution in [0.25, 0.3) is 11.3 Å². The molecular weight excluding hydrogens is 480 g/mol. The topological polar surface area (TPSA) is 107 Å². The smallest absolute Gasteiger partial charge is 0.395 e. The number of anilines is 1. The van der Waals surface area contributed by atoms with Crippen molar-refractivity contribution in [2.75, 3.05) is 11.6 Å². The molecule has 1 saturated carbocycles. The zero-order chi connectivity index (χ0) is 24.8. The van der Waals surface area contributed by atoms with E-state index in [0.29, 0.717) is 29.9 Å². The lowest BCUT2D eigenvalue weighted by Crippen LogP contribution is -2.28. The summed E-state index contributed by atoms with van der Waals surface area (Å²) in [5.74, 6) is -0.0897. The predicted octanol–water partition coefficient (Wildman–Crippen LogP) is 3.79. The van der Waals surface area contributed by atoms with Crippen molar-refractivity contribution in [1.29, 1.82) is 0 Å². The molecule has 0 bridgehead atoms. The Kier molecular flexibility index (Phi) is 5.48. The minimum Gasteiger partial charge on any atom is -0.395 e. The van der Waals surface area contributed by atoms with E-state index in [1.807, 2.05) is 12.1 Å². The molecule has 0 unspecified atom stereocenters. The van der Waals surface area contributed by atoms with Gasteiger partial charge in [0.05, 0.1) is 17.4 Å². The first kappa shape index (κ1) is 23.2. The number of benzene rings is 2. The summed E-state index contributed by atoms with van der Waals surface area (Å²) in [5.41, 5.74) is 1.94. The lowest BCUT2D eigenvalue weighted by molar-refractivity contribution is -0.286.